The Balaban J connectivity index is 1.92. The molecule has 106 valence electrons. The number of nitrogens with one attached hydrogen (secondary N) is 1. The van der Waals surface area contributed by atoms with Crippen molar-refractivity contribution in [2.75, 3.05) is 0 Å². The van der Waals surface area contributed by atoms with Crippen molar-refractivity contribution in [2.45, 2.75) is 59.5 Å². The van der Waals surface area contributed by atoms with Crippen LogP contribution in [-0.4, -0.2) is 6.04 Å². The van der Waals surface area contributed by atoms with Crippen molar-refractivity contribution in [3.05, 3.63) is 34.6 Å². The van der Waals surface area contributed by atoms with Crippen LogP contribution < -0.4 is 5.32 Å². The third-order valence-electron chi connectivity index (χ3n) is 4.69. The van der Waals surface area contributed by atoms with Crippen molar-refractivity contribution < 1.29 is 4.39 Å². The Bertz CT molecular complexity index is 418. The highest BCUT2D eigenvalue weighted by molar-refractivity contribution is 5.30. The van der Waals surface area contributed by atoms with E-state index in [0.29, 0.717) is 6.04 Å². The maximum Gasteiger partial charge on any atom is 0.129 e. The molecule has 0 aliphatic heterocycles. The molecule has 0 saturated heterocycles. The molecule has 1 aliphatic carbocycles. The van der Waals surface area contributed by atoms with Crippen LogP contribution in [0.3, 0.4) is 0 Å². The molecule has 0 spiro atoms. The van der Waals surface area contributed by atoms with Crippen LogP contribution in [0.25, 0.3) is 0 Å². The first-order chi connectivity index (χ1) is 8.97. The zero-order valence-corrected chi connectivity index (χ0v) is 12.6. The third kappa shape index (κ3) is 3.56. The number of benzene rings is 1. The van der Waals surface area contributed by atoms with Gasteiger partial charge in [0.1, 0.15) is 5.82 Å². The average Bonchev–Trinajstić information content (AvgIpc) is 2.37. The monoisotopic (exact) mass is 263 g/mol. The molecule has 0 amide bonds. The third-order valence-corrected chi connectivity index (χ3v) is 4.69. The van der Waals surface area contributed by atoms with Gasteiger partial charge >= 0.3 is 0 Å². The summed E-state index contributed by atoms with van der Waals surface area (Å²) >= 11 is 0. The van der Waals surface area contributed by atoms with E-state index < -0.39 is 0 Å². The summed E-state index contributed by atoms with van der Waals surface area (Å²) in [6.07, 6.45) is 3.85. The predicted octanol–water partition coefficient (Wildman–Crippen LogP) is 4.36. The molecular weight excluding hydrogens is 237 g/mol. The van der Waals surface area contributed by atoms with E-state index in [-0.39, 0.29) is 5.82 Å². The molecule has 0 bridgehead atoms. The number of hydrogen-bond donors (Lipinski definition) is 1. The minimum absolute atomic E-state index is 0.0659. The lowest BCUT2D eigenvalue weighted by molar-refractivity contribution is 0.225. The molecule has 1 aromatic rings. The van der Waals surface area contributed by atoms with Crippen LogP contribution in [0.2, 0.25) is 0 Å². The summed E-state index contributed by atoms with van der Waals surface area (Å²) in [7, 11) is 0. The van der Waals surface area contributed by atoms with Gasteiger partial charge in [-0.05, 0) is 61.6 Å². The van der Waals surface area contributed by atoms with Gasteiger partial charge in [-0.15, -0.1) is 0 Å². The molecule has 2 heteroatoms. The normalized spacial score (nSPS) is 27.5. The Hall–Kier alpha value is -0.890. The van der Waals surface area contributed by atoms with Crippen LogP contribution in [0.1, 0.15) is 49.8 Å². The molecule has 2 rings (SSSR count). The van der Waals surface area contributed by atoms with Crippen molar-refractivity contribution in [1.29, 1.82) is 0 Å². The molecule has 3 atom stereocenters. The maximum absolute atomic E-state index is 13.6. The zero-order valence-electron chi connectivity index (χ0n) is 12.6. The lowest BCUT2D eigenvalue weighted by Crippen LogP contribution is -2.35. The molecule has 1 aromatic carbocycles. The summed E-state index contributed by atoms with van der Waals surface area (Å²) in [5.74, 6) is 1.60. The fourth-order valence-electron chi connectivity index (χ4n) is 3.13. The molecule has 0 aromatic heterocycles. The van der Waals surface area contributed by atoms with Gasteiger partial charge < -0.3 is 5.32 Å². The molecule has 19 heavy (non-hydrogen) atoms. The van der Waals surface area contributed by atoms with E-state index in [9.17, 15) is 4.39 Å². The SMILES string of the molecule is Cc1cc(CNC2CCC(C)C(C)C2)cc(C)c1F. The molecule has 0 heterocycles. The van der Waals surface area contributed by atoms with Crippen LogP contribution >= 0.6 is 0 Å². The van der Waals surface area contributed by atoms with E-state index in [1.807, 2.05) is 26.0 Å². The van der Waals surface area contributed by atoms with Gasteiger partial charge in [-0.2, -0.15) is 0 Å². The molecule has 1 nitrogen and oxygen atoms in total. The van der Waals surface area contributed by atoms with E-state index in [1.165, 1.54) is 24.8 Å². The first-order valence-electron chi connectivity index (χ1n) is 7.46. The van der Waals surface area contributed by atoms with Gasteiger partial charge in [0, 0.05) is 12.6 Å². The van der Waals surface area contributed by atoms with Gasteiger partial charge in [-0.1, -0.05) is 26.0 Å². The molecule has 1 aliphatic rings. The molecule has 1 N–H and O–H groups in total. The Morgan fingerprint density at radius 2 is 1.74 bits per heavy atom. The van der Waals surface area contributed by atoms with Crippen molar-refractivity contribution in [1.82, 2.24) is 5.32 Å². The Labute approximate surface area is 116 Å². The van der Waals surface area contributed by atoms with Gasteiger partial charge in [0.05, 0.1) is 0 Å². The molecule has 3 unspecified atom stereocenters. The first kappa shape index (κ1) is 14.5. The van der Waals surface area contributed by atoms with Crippen molar-refractivity contribution in [3.63, 3.8) is 0 Å². The van der Waals surface area contributed by atoms with Crippen molar-refractivity contribution in [2.24, 2.45) is 11.8 Å². The molecule has 1 saturated carbocycles. The minimum Gasteiger partial charge on any atom is -0.310 e. The van der Waals surface area contributed by atoms with E-state index in [1.54, 1.807) is 0 Å². The largest absolute Gasteiger partial charge is 0.310 e. The second-order valence-corrected chi connectivity index (χ2v) is 6.39. The fraction of sp³-hybridized carbons (Fsp3) is 0.647. The minimum atomic E-state index is -0.0659. The van der Waals surface area contributed by atoms with Crippen LogP contribution in [0, 0.1) is 31.5 Å². The van der Waals surface area contributed by atoms with Crippen molar-refractivity contribution in [3.8, 4) is 0 Å². The van der Waals surface area contributed by atoms with Gasteiger partial charge in [-0.25, -0.2) is 4.39 Å². The Morgan fingerprint density at radius 3 is 2.32 bits per heavy atom. The van der Waals surface area contributed by atoms with E-state index in [4.69, 9.17) is 0 Å². The van der Waals surface area contributed by atoms with E-state index in [0.717, 1.165) is 29.5 Å². The summed E-state index contributed by atoms with van der Waals surface area (Å²) in [5, 5.41) is 3.64. The van der Waals surface area contributed by atoms with Crippen LogP contribution in [0.4, 0.5) is 4.39 Å². The highest BCUT2D eigenvalue weighted by atomic mass is 19.1. The summed E-state index contributed by atoms with van der Waals surface area (Å²) in [6, 6.07) is 4.55. The highest BCUT2D eigenvalue weighted by Crippen LogP contribution is 2.29. The molecule has 0 radical (unpaired) electrons. The standard InChI is InChI=1S/C17H26FN/c1-11-5-6-16(9-12(11)2)19-10-15-7-13(3)17(18)14(4)8-15/h7-8,11-12,16,19H,5-6,9-10H2,1-4H3. The zero-order chi connectivity index (χ0) is 14.0. The first-order valence-corrected chi connectivity index (χ1v) is 7.46. The highest BCUT2D eigenvalue weighted by Gasteiger charge is 2.23. The summed E-state index contributed by atoms with van der Waals surface area (Å²) in [5.41, 5.74) is 2.70. The molecule has 1 fully saturated rings. The second-order valence-electron chi connectivity index (χ2n) is 6.39. The second kappa shape index (κ2) is 6.04. The molecular formula is C17H26FN. The lowest BCUT2D eigenvalue weighted by atomic mass is 9.79. The van der Waals surface area contributed by atoms with Crippen LogP contribution in [0.15, 0.2) is 12.1 Å². The summed E-state index contributed by atoms with van der Waals surface area (Å²) in [6.45, 7) is 9.25. The quantitative estimate of drug-likeness (QED) is 0.854. The number of halogens is 1. The smallest absolute Gasteiger partial charge is 0.129 e. The van der Waals surface area contributed by atoms with Crippen LogP contribution in [0.5, 0.6) is 0 Å². The Kier molecular flexibility index (Phi) is 4.62. The average molecular weight is 263 g/mol. The Morgan fingerprint density at radius 1 is 1.11 bits per heavy atom. The van der Waals surface area contributed by atoms with E-state index in [2.05, 4.69) is 19.2 Å². The fourth-order valence-corrected chi connectivity index (χ4v) is 3.13. The van der Waals surface area contributed by atoms with Crippen molar-refractivity contribution >= 4 is 0 Å². The van der Waals surface area contributed by atoms with Gasteiger partial charge in [0.15, 0.2) is 0 Å². The van der Waals surface area contributed by atoms with Gasteiger partial charge in [-0.3, -0.25) is 0 Å². The number of hydrogen-bond acceptors (Lipinski definition) is 1. The van der Waals surface area contributed by atoms with Crippen LogP contribution in [-0.2, 0) is 6.54 Å². The van der Waals surface area contributed by atoms with Gasteiger partial charge in [0.2, 0.25) is 0 Å². The lowest BCUT2D eigenvalue weighted by Gasteiger charge is -2.32. The predicted molar refractivity (Wildman–Crippen MR) is 78.7 cm³/mol. The number of rotatable bonds is 3. The summed E-state index contributed by atoms with van der Waals surface area (Å²) < 4.78 is 13.6. The van der Waals surface area contributed by atoms with Gasteiger partial charge in [0.25, 0.3) is 0 Å². The maximum atomic E-state index is 13.6. The topological polar surface area (TPSA) is 12.0 Å². The van der Waals surface area contributed by atoms with E-state index >= 15 is 0 Å². The summed E-state index contributed by atoms with van der Waals surface area (Å²) in [4.78, 5) is 0. The number of aryl methyl sites for hydroxylation is 2.